The zero-order valence-corrected chi connectivity index (χ0v) is 12.1. The van der Waals surface area contributed by atoms with E-state index in [0.29, 0.717) is 6.54 Å². The second-order valence-electron chi connectivity index (χ2n) is 3.94. The van der Waals surface area contributed by atoms with Crippen LogP contribution in [0.2, 0.25) is 0 Å². The summed E-state index contributed by atoms with van der Waals surface area (Å²) in [5.74, 6) is 0.158. The van der Waals surface area contributed by atoms with Crippen LogP contribution in [0, 0.1) is 0 Å². The average molecular weight is 277 g/mol. The fourth-order valence-electron chi connectivity index (χ4n) is 1.20. The van der Waals surface area contributed by atoms with E-state index >= 15 is 0 Å². The number of nitrogens with zero attached hydrogens (tertiary/aromatic N) is 2. The van der Waals surface area contributed by atoms with Crippen LogP contribution in [0.1, 0.15) is 11.8 Å². The van der Waals surface area contributed by atoms with Crippen molar-refractivity contribution in [1.82, 2.24) is 10.3 Å². The first kappa shape index (κ1) is 14.4. The smallest absolute Gasteiger partial charge is 0.185 e. The van der Waals surface area contributed by atoms with Crippen molar-refractivity contribution in [3.05, 3.63) is 11.1 Å². The summed E-state index contributed by atoms with van der Waals surface area (Å²) < 4.78 is 22.1. The van der Waals surface area contributed by atoms with Crippen LogP contribution in [0.25, 0.3) is 0 Å². The lowest BCUT2D eigenvalue weighted by atomic mass is 10.5. The van der Waals surface area contributed by atoms with Gasteiger partial charge < -0.3 is 10.2 Å². The lowest BCUT2D eigenvalue weighted by Crippen LogP contribution is -2.24. The predicted molar refractivity (Wildman–Crippen MR) is 72.5 cm³/mol. The van der Waals surface area contributed by atoms with E-state index in [1.807, 2.05) is 18.1 Å². The molecule has 0 aromatic carbocycles. The number of anilines is 1. The molecule has 0 saturated carbocycles. The molecular weight excluding hydrogens is 258 g/mol. The van der Waals surface area contributed by atoms with Crippen LogP contribution in [0.5, 0.6) is 0 Å². The highest BCUT2D eigenvalue weighted by molar-refractivity contribution is 7.90. The molecule has 0 bridgehead atoms. The molecule has 0 aliphatic heterocycles. The summed E-state index contributed by atoms with van der Waals surface area (Å²) >= 11 is 1.59. The topological polar surface area (TPSA) is 62.3 Å². The van der Waals surface area contributed by atoms with E-state index in [9.17, 15) is 8.42 Å². The Morgan fingerprint density at radius 2 is 2.24 bits per heavy atom. The third-order valence-corrected chi connectivity index (χ3v) is 4.25. The first-order valence-electron chi connectivity index (χ1n) is 5.46. The van der Waals surface area contributed by atoms with E-state index in [-0.39, 0.29) is 5.75 Å². The van der Waals surface area contributed by atoms with Gasteiger partial charge in [0.15, 0.2) is 5.13 Å². The zero-order valence-electron chi connectivity index (χ0n) is 10.4. The van der Waals surface area contributed by atoms with Crippen LogP contribution >= 0.6 is 11.3 Å². The number of hydrogen-bond acceptors (Lipinski definition) is 6. The Labute approximate surface area is 107 Å². The Morgan fingerprint density at radius 3 is 2.82 bits per heavy atom. The van der Waals surface area contributed by atoms with Crippen LogP contribution in [0.3, 0.4) is 0 Å². The van der Waals surface area contributed by atoms with Crippen LogP contribution in [-0.2, 0) is 16.4 Å². The van der Waals surface area contributed by atoms with Crippen molar-refractivity contribution >= 4 is 26.3 Å². The molecule has 17 heavy (non-hydrogen) atoms. The van der Waals surface area contributed by atoms with Gasteiger partial charge in [-0.25, -0.2) is 13.4 Å². The van der Waals surface area contributed by atoms with Gasteiger partial charge in [-0.05, 0) is 6.54 Å². The molecule has 7 heteroatoms. The minimum atomic E-state index is -2.91. The maximum atomic E-state index is 11.1. The number of aromatic nitrogens is 1. The Morgan fingerprint density at radius 1 is 1.53 bits per heavy atom. The monoisotopic (exact) mass is 277 g/mol. The third kappa shape index (κ3) is 5.47. The van der Waals surface area contributed by atoms with Gasteiger partial charge >= 0.3 is 0 Å². The van der Waals surface area contributed by atoms with Gasteiger partial charge in [0.25, 0.3) is 0 Å². The number of nitrogens with one attached hydrogen (secondary N) is 1. The molecule has 0 saturated heterocycles. The Hall–Kier alpha value is -0.660. The zero-order chi connectivity index (χ0) is 12.9. The molecule has 1 rings (SSSR count). The van der Waals surface area contributed by atoms with Gasteiger partial charge in [0.05, 0.1) is 5.75 Å². The second kappa shape index (κ2) is 6.32. The molecular formula is C10H19N3O2S2. The van der Waals surface area contributed by atoms with Crippen LogP contribution < -0.4 is 10.2 Å². The Bertz CT molecular complexity index is 442. The minimum absolute atomic E-state index is 0.158. The molecule has 1 heterocycles. The van der Waals surface area contributed by atoms with Crippen LogP contribution in [0.15, 0.2) is 6.20 Å². The summed E-state index contributed by atoms with van der Waals surface area (Å²) in [6.45, 7) is 4.28. The molecule has 0 spiro atoms. The molecule has 1 aromatic heterocycles. The highest BCUT2D eigenvalue weighted by atomic mass is 32.2. The van der Waals surface area contributed by atoms with Gasteiger partial charge in [-0.15, -0.1) is 11.3 Å². The quantitative estimate of drug-likeness (QED) is 0.796. The van der Waals surface area contributed by atoms with E-state index in [2.05, 4.69) is 17.2 Å². The molecule has 0 amide bonds. The van der Waals surface area contributed by atoms with E-state index in [4.69, 9.17) is 0 Å². The highest BCUT2D eigenvalue weighted by Crippen LogP contribution is 2.21. The fourth-order valence-corrected chi connectivity index (χ4v) is 2.67. The maximum absolute atomic E-state index is 11.1. The van der Waals surface area contributed by atoms with Crippen LogP contribution in [0.4, 0.5) is 5.13 Å². The van der Waals surface area contributed by atoms with Gasteiger partial charge in [0.1, 0.15) is 9.84 Å². The maximum Gasteiger partial charge on any atom is 0.185 e. The second-order valence-corrected chi connectivity index (χ2v) is 7.29. The average Bonchev–Trinajstić information content (AvgIpc) is 2.70. The molecule has 0 fully saturated rings. The van der Waals surface area contributed by atoms with E-state index < -0.39 is 9.84 Å². The van der Waals surface area contributed by atoms with Crippen molar-refractivity contribution in [2.45, 2.75) is 13.5 Å². The van der Waals surface area contributed by atoms with Gasteiger partial charge in [0.2, 0.25) is 0 Å². The minimum Gasteiger partial charge on any atom is -0.350 e. The molecule has 0 unspecified atom stereocenters. The summed E-state index contributed by atoms with van der Waals surface area (Å²) in [6, 6.07) is 0. The molecule has 0 atom stereocenters. The molecule has 0 radical (unpaired) electrons. The van der Waals surface area contributed by atoms with E-state index in [1.54, 1.807) is 11.3 Å². The summed E-state index contributed by atoms with van der Waals surface area (Å²) in [4.78, 5) is 7.32. The first-order valence-corrected chi connectivity index (χ1v) is 8.34. The summed E-state index contributed by atoms with van der Waals surface area (Å²) in [6.07, 6.45) is 3.08. The van der Waals surface area contributed by atoms with Gasteiger partial charge in [-0.1, -0.05) is 6.92 Å². The van der Waals surface area contributed by atoms with Crippen molar-refractivity contribution in [3.63, 3.8) is 0 Å². The number of rotatable bonds is 7. The van der Waals surface area contributed by atoms with Gasteiger partial charge in [0, 0.05) is 37.5 Å². The van der Waals surface area contributed by atoms with E-state index in [1.165, 1.54) is 6.26 Å². The number of sulfone groups is 1. The van der Waals surface area contributed by atoms with Crippen molar-refractivity contribution in [2.24, 2.45) is 0 Å². The lowest BCUT2D eigenvalue weighted by Gasteiger charge is -2.14. The fraction of sp³-hybridized carbons (Fsp3) is 0.700. The Kier molecular flexibility index (Phi) is 5.35. The standard InChI is InChI=1S/C10H19N3O2S2/c1-4-11-7-9-8-12-10(16-9)13(2)5-6-17(3,14)15/h8,11H,4-7H2,1-3H3. The summed E-state index contributed by atoms with van der Waals surface area (Å²) in [7, 11) is -1.05. The Balaban J connectivity index is 2.51. The largest absolute Gasteiger partial charge is 0.350 e. The number of hydrogen-bond donors (Lipinski definition) is 1. The van der Waals surface area contributed by atoms with E-state index in [0.717, 1.165) is 23.1 Å². The van der Waals surface area contributed by atoms with Gasteiger partial charge in [-0.3, -0.25) is 0 Å². The van der Waals surface area contributed by atoms with Gasteiger partial charge in [-0.2, -0.15) is 0 Å². The molecule has 98 valence electrons. The lowest BCUT2D eigenvalue weighted by molar-refractivity contribution is 0.601. The molecule has 1 aromatic rings. The molecule has 0 aliphatic rings. The molecule has 5 nitrogen and oxygen atoms in total. The van der Waals surface area contributed by atoms with Crippen molar-refractivity contribution in [3.8, 4) is 0 Å². The third-order valence-electron chi connectivity index (χ3n) is 2.21. The first-order chi connectivity index (χ1) is 7.92. The highest BCUT2D eigenvalue weighted by Gasteiger charge is 2.09. The molecule has 1 N–H and O–H groups in total. The SMILES string of the molecule is CCNCc1cnc(N(C)CCS(C)(=O)=O)s1. The van der Waals surface area contributed by atoms with Crippen molar-refractivity contribution in [2.75, 3.05) is 37.0 Å². The van der Waals surface area contributed by atoms with Crippen LogP contribution in [-0.4, -0.2) is 45.5 Å². The number of thiazole rings is 1. The van der Waals surface area contributed by atoms with Crippen molar-refractivity contribution in [1.29, 1.82) is 0 Å². The summed E-state index contributed by atoms with van der Waals surface area (Å²) in [5.41, 5.74) is 0. The molecule has 0 aliphatic carbocycles. The van der Waals surface area contributed by atoms with Crippen molar-refractivity contribution < 1.29 is 8.42 Å². The summed E-state index contributed by atoms with van der Waals surface area (Å²) in [5, 5.41) is 4.09. The normalized spacial score (nSPS) is 11.7. The predicted octanol–water partition coefficient (Wildman–Crippen LogP) is 0.733.